The molecule has 0 aliphatic carbocycles. The predicted molar refractivity (Wildman–Crippen MR) is 97.1 cm³/mol. The lowest BCUT2D eigenvalue weighted by atomic mass is 9.98. The van der Waals surface area contributed by atoms with E-state index in [-0.39, 0.29) is 0 Å². The van der Waals surface area contributed by atoms with Gasteiger partial charge in [-0.3, -0.25) is 4.48 Å². The highest BCUT2D eigenvalue weighted by Gasteiger charge is 2.37. The Balaban J connectivity index is 2.15. The van der Waals surface area contributed by atoms with E-state index in [0.717, 1.165) is 23.3 Å². The first-order chi connectivity index (χ1) is 11.2. The van der Waals surface area contributed by atoms with Crippen LogP contribution in [0.4, 0.5) is 11.4 Å². The molecule has 0 aromatic heterocycles. The summed E-state index contributed by atoms with van der Waals surface area (Å²) in [6.45, 7) is 5.05. The Morgan fingerprint density at radius 2 is 1.70 bits per heavy atom. The van der Waals surface area contributed by atoms with Gasteiger partial charge in [0.25, 0.3) is 0 Å². The Bertz CT molecular complexity index is 658. The molecule has 0 bridgehead atoms. The smallest absolute Gasteiger partial charge is 0.142 e. The van der Waals surface area contributed by atoms with E-state index in [0.29, 0.717) is 6.54 Å². The quantitative estimate of drug-likeness (QED) is 0.855. The van der Waals surface area contributed by atoms with Crippen molar-refractivity contribution in [1.29, 1.82) is 0 Å². The number of methoxy groups -OCH3 is 1. The standard InChI is InChI=1S/C20H27N2O/c1-16-7-6-8-20(19(16)15-21)22(13-4-3-5-14-22)17-9-11-18(23-2)12-10-17/h6-12H,3-5,13-15,21H2,1-2H3/q+1. The van der Waals surface area contributed by atoms with Gasteiger partial charge in [-0.1, -0.05) is 12.1 Å². The van der Waals surface area contributed by atoms with Gasteiger partial charge in [0.1, 0.15) is 17.1 Å². The summed E-state index contributed by atoms with van der Waals surface area (Å²) in [5.41, 5.74) is 11.4. The van der Waals surface area contributed by atoms with Crippen LogP contribution in [0.2, 0.25) is 0 Å². The molecule has 0 unspecified atom stereocenters. The van der Waals surface area contributed by atoms with Crippen LogP contribution in [-0.4, -0.2) is 20.2 Å². The minimum absolute atomic E-state index is 0.595. The summed E-state index contributed by atoms with van der Waals surface area (Å²) in [6, 6.07) is 15.2. The van der Waals surface area contributed by atoms with Gasteiger partial charge < -0.3 is 10.5 Å². The molecule has 3 heteroatoms. The number of rotatable bonds is 4. The number of hydrogen-bond acceptors (Lipinski definition) is 2. The first-order valence-electron chi connectivity index (χ1n) is 8.52. The van der Waals surface area contributed by atoms with Gasteiger partial charge in [0.15, 0.2) is 0 Å². The van der Waals surface area contributed by atoms with Crippen LogP contribution in [0, 0.1) is 6.92 Å². The molecule has 1 aliphatic rings. The molecule has 122 valence electrons. The van der Waals surface area contributed by atoms with Crippen LogP contribution < -0.4 is 15.0 Å². The highest BCUT2D eigenvalue weighted by atomic mass is 16.5. The van der Waals surface area contributed by atoms with Crippen molar-refractivity contribution in [2.24, 2.45) is 5.73 Å². The fourth-order valence-corrected chi connectivity index (χ4v) is 3.91. The van der Waals surface area contributed by atoms with Crippen molar-refractivity contribution in [1.82, 2.24) is 4.48 Å². The largest absolute Gasteiger partial charge is 0.497 e. The molecule has 23 heavy (non-hydrogen) atoms. The van der Waals surface area contributed by atoms with Gasteiger partial charge >= 0.3 is 0 Å². The normalized spacial score (nSPS) is 17.0. The first-order valence-corrected chi connectivity index (χ1v) is 8.52. The Labute approximate surface area is 139 Å². The number of quaternary nitrogens is 1. The average molecular weight is 311 g/mol. The number of piperidine rings is 1. The molecular weight excluding hydrogens is 284 g/mol. The molecule has 0 spiro atoms. The summed E-state index contributed by atoms with van der Waals surface area (Å²) in [5, 5.41) is 0. The number of benzene rings is 2. The van der Waals surface area contributed by atoms with Gasteiger partial charge in [-0.15, -0.1) is 0 Å². The molecule has 0 saturated carbocycles. The van der Waals surface area contributed by atoms with E-state index >= 15 is 0 Å². The van der Waals surface area contributed by atoms with Crippen LogP contribution >= 0.6 is 0 Å². The van der Waals surface area contributed by atoms with Crippen molar-refractivity contribution in [2.45, 2.75) is 32.7 Å². The zero-order valence-electron chi connectivity index (χ0n) is 14.2. The molecule has 0 atom stereocenters. The molecule has 1 saturated heterocycles. The third-order valence-corrected chi connectivity index (χ3v) is 5.20. The molecule has 1 fully saturated rings. The van der Waals surface area contributed by atoms with E-state index in [4.69, 9.17) is 10.5 Å². The lowest BCUT2D eigenvalue weighted by Crippen LogP contribution is -2.49. The summed E-state index contributed by atoms with van der Waals surface area (Å²) < 4.78 is 6.25. The maximum absolute atomic E-state index is 6.11. The van der Waals surface area contributed by atoms with Gasteiger partial charge in [0.2, 0.25) is 0 Å². The minimum Gasteiger partial charge on any atom is -0.497 e. The van der Waals surface area contributed by atoms with Crippen molar-refractivity contribution in [3.8, 4) is 5.75 Å². The molecule has 2 aromatic carbocycles. The number of hydrogen-bond donors (Lipinski definition) is 1. The molecular formula is C20H27N2O+. The Kier molecular flexibility index (Phi) is 4.69. The average Bonchev–Trinajstić information content (AvgIpc) is 2.62. The van der Waals surface area contributed by atoms with Gasteiger partial charge in [0, 0.05) is 24.2 Å². The van der Waals surface area contributed by atoms with E-state index < -0.39 is 0 Å². The van der Waals surface area contributed by atoms with Crippen molar-refractivity contribution in [2.75, 3.05) is 20.2 Å². The molecule has 3 nitrogen and oxygen atoms in total. The summed E-state index contributed by atoms with van der Waals surface area (Å²) in [7, 11) is 1.72. The highest BCUT2D eigenvalue weighted by molar-refractivity contribution is 5.64. The fraction of sp³-hybridized carbons (Fsp3) is 0.400. The Hall–Kier alpha value is -1.84. The summed E-state index contributed by atoms with van der Waals surface area (Å²) in [4.78, 5) is 0. The minimum atomic E-state index is 0.595. The lowest BCUT2D eigenvalue weighted by molar-refractivity contribution is 0.313. The fourth-order valence-electron chi connectivity index (χ4n) is 3.91. The second kappa shape index (κ2) is 6.73. The van der Waals surface area contributed by atoms with E-state index in [2.05, 4.69) is 49.4 Å². The highest BCUT2D eigenvalue weighted by Crippen LogP contribution is 2.41. The number of nitrogens with zero attached hydrogens (tertiary/aromatic N) is 1. The summed E-state index contributed by atoms with van der Waals surface area (Å²) in [6.07, 6.45) is 3.83. The zero-order chi connectivity index (χ0) is 16.3. The Morgan fingerprint density at radius 3 is 2.30 bits per heavy atom. The second-order valence-corrected chi connectivity index (χ2v) is 6.45. The van der Waals surface area contributed by atoms with Gasteiger partial charge in [0.05, 0.1) is 20.2 Å². The van der Waals surface area contributed by atoms with Crippen LogP contribution in [-0.2, 0) is 6.54 Å². The van der Waals surface area contributed by atoms with Crippen molar-refractivity contribution in [3.63, 3.8) is 0 Å². The number of aryl methyl sites for hydroxylation is 1. The SMILES string of the molecule is COc1ccc([N+]2(c3cccc(C)c3CN)CCCCC2)cc1. The van der Waals surface area contributed by atoms with E-state index in [1.54, 1.807) is 7.11 Å². The van der Waals surface area contributed by atoms with Crippen LogP contribution in [0.3, 0.4) is 0 Å². The van der Waals surface area contributed by atoms with Crippen LogP contribution in [0.5, 0.6) is 5.75 Å². The first kappa shape index (κ1) is 16.0. The molecule has 3 rings (SSSR count). The van der Waals surface area contributed by atoms with E-state index in [1.165, 1.54) is 41.8 Å². The van der Waals surface area contributed by atoms with Crippen molar-refractivity contribution >= 4 is 11.4 Å². The van der Waals surface area contributed by atoms with Gasteiger partial charge in [-0.2, -0.15) is 0 Å². The van der Waals surface area contributed by atoms with Crippen LogP contribution in [0.1, 0.15) is 30.4 Å². The Morgan fingerprint density at radius 1 is 1.00 bits per heavy atom. The summed E-state index contributed by atoms with van der Waals surface area (Å²) in [5.74, 6) is 0.909. The molecule has 0 amide bonds. The maximum atomic E-state index is 6.11. The molecule has 1 aliphatic heterocycles. The van der Waals surface area contributed by atoms with E-state index in [9.17, 15) is 0 Å². The zero-order valence-corrected chi connectivity index (χ0v) is 14.2. The third kappa shape index (κ3) is 2.87. The van der Waals surface area contributed by atoms with Crippen molar-refractivity contribution in [3.05, 3.63) is 53.6 Å². The summed E-state index contributed by atoms with van der Waals surface area (Å²) >= 11 is 0. The van der Waals surface area contributed by atoms with E-state index in [1.807, 2.05) is 0 Å². The maximum Gasteiger partial charge on any atom is 0.142 e. The molecule has 0 radical (unpaired) electrons. The van der Waals surface area contributed by atoms with Crippen LogP contribution in [0.25, 0.3) is 0 Å². The van der Waals surface area contributed by atoms with Crippen LogP contribution in [0.15, 0.2) is 42.5 Å². The lowest BCUT2D eigenvalue weighted by Gasteiger charge is -2.42. The van der Waals surface area contributed by atoms with Gasteiger partial charge in [-0.25, -0.2) is 0 Å². The molecule has 1 heterocycles. The number of ether oxygens (including phenoxy) is 1. The van der Waals surface area contributed by atoms with Gasteiger partial charge in [-0.05, 0) is 49.9 Å². The molecule has 2 aromatic rings. The monoisotopic (exact) mass is 311 g/mol. The second-order valence-electron chi connectivity index (χ2n) is 6.45. The number of nitrogens with two attached hydrogens (primary N) is 1. The predicted octanol–water partition coefficient (Wildman–Crippen LogP) is 4.29. The molecule has 2 N–H and O–H groups in total. The topological polar surface area (TPSA) is 35.2 Å². The third-order valence-electron chi connectivity index (χ3n) is 5.20. The van der Waals surface area contributed by atoms with Crippen molar-refractivity contribution < 1.29 is 4.74 Å².